The second-order valence-corrected chi connectivity index (χ2v) is 3.41. The van der Waals surface area contributed by atoms with Crippen molar-refractivity contribution in [1.82, 2.24) is 10.6 Å². The molecule has 0 radical (unpaired) electrons. The normalized spacial score (nSPS) is 12.2. The Morgan fingerprint density at radius 3 is 2.44 bits per heavy atom. The van der Waals surface area contributed by atoms with Crippen molar-refractivity contribution in [2.45, 2.75) is 13.0 Å². The van der Waals surface area contributed by atoms with Gasteiger partial charge < -0.3 is 10.6 Å². The van der Waals surface area contributed by atoms with E-state index in [-0.39, 0.29) is 18.0 Å². The quantitative estimate of drug-likeness (QED) is 0.817. The highest BCUT2D eigenvalue weighted by Gasteiger charge is 2.15. The first-order valence-electron chi connectivity index (χ1n) is 4.94. The fourth-order valence-electron chi connectivity index (χ4n) is 1.36. The molecule has 1 aromatic rings. The van der Waals surface area contributed by atoms with Crippen molar-refractivity contribution < 1.29 is 13.6 Å². The van der Waals surface area contributed by atoms with Crippen LogP contribution >= 0.6 is 0 Å². The predicted molar refractivity (Wildman–Crippen MR) is 56.8 cm³/mol. The first kappa shape index (κ1) is 12.6. The lowest BCUT2D eigenvalue weighted by atomic mass is 10.1. The van der Waals surface area contributed by atoms with Gasteiger partial charge in [0, 0.05) is 18.7 Å². The molecule has 0 aliphatic rings. The van der Waals surface area contributed by atoms with Gasteiger partial charge in [-0.05, 0) is 19.1 Å². The van der Waals surface area contributed by atoms with Crippen LogP contribution in [0.2, 0.25) is 0 Å². The molecule has 0 saturated heterocycles. The molecule has 1 rings (SSSR count). The summed E-state index contributed by atoms with van der Waals surface area (Å²) in [5, 5.41) is 5.15. The highest BCUT2D eigenvalue weighted by Crippen LogP contribution is 2.19. The summed E-state index contributed by atoms with van der Waals surface area (Å²) in [6.07, 6.45) is 0. The van der Waals surface area contributed by atoms with Crippen molar-refractivity contribution in [2.75, 3.05) is 13.6 Å². The Bertz CT molecular complexity index is 362. The molecule has 1 atom stereocenters. The summed E-state index contributed by atoms with van der Waals surface area (Å²) in [6, 6.07) is 3.13. The molecule has 0 aromatic heterocycles. The van der Waals surface area contributed by atoms with E-state index in [9.17, 15) is 13.6 Å². The minimum Gasteiger partial charge on any atom is -0.358 e. The van der Waals surface area contributed by atoms with Gasteiger partial charge in [-0.1, -0.05) is 6.07 Å². The Hall–Kier alpha value is -1.49. The van der Waals surface area contributed by atoms with Crippen LogP contribution in [0.3, 0.4) is 0 Å². The van der Waals surface area contributed by atoms with Gasteiger partial charge in [-0.3, -0.25) is 4.79 Å². The molecular formula is C11H14F2N2O. The van der Waals surface area contributed by atoms with E-state index in [4.69, 9.17) is 0 Å². The number of carbonyl (C=O) groups is 1. The molecule has 0 aliphatic heterocycles. The van der Waals surface area contributed by atoms with Crippen molar-refractivity contribution in [2.24, 2.45) is 0 Å². The first-order valence-corrected chi connectivity index (χ1v) is 4.94. The van der Waals surface area contributed by atoms with Crippen molar-refractivity contribution in [3.8, 4) is 0 Å². The number of likely N-dealkylation sites (N-methyl/N-ethyl adjacent to an activating group) is 1. The Balaban J connectivity index is 2.73. The lowest BCUT2D eigenvalue weighted by Gasteiger charge is -2.15. The predicted octanol–water partition coefficient (Wildman–Crippen LogP) is 1.36. The molecule has 0 saturated carbocycles. The summed E-state index contributed by atoms with van der Waals surface area (Å²) in [7, 11) is 1.50. The molecule has 3 nitrogen and oxygen atoms in total. The third kappa shape index (κ3) is 3.00. The van der Waals surface area contributed by atoms with Crippen LogP contribution in [0.5, 0.6) is 0 Å². The number of carbonyl (C=O) groups excluding carboxylic acids is 1. The van der Waals surface area contributed by atoms with Crippen LogP contribution in [0.15, 0.2) is 18.2 Å². The highest BCUT2D eigenvalue weighted by atomic mass is 19.1. The summed E-state index contributed by atoms with van der Waals surface area (Å²) < 4.78 is 26.7. The average molecular weight is 228 g/mol. The van der Waals surface area contributed by atoms with Crippen molar-refractivity contribution in [3.05, 3.63) is 35.4 Å². The van der Waals surface area contributed by atoms with Crippen LogP contribution in [0.25, 0.3) is 0 Å². The van der Waals surface area contributed by atoms with Gasteiger partial charge in [-0.25, -0.2) is 8.78 Å². The standard InChI is InChI=1S/C11H14F2N2O/c1-7(15-6-10(16)14-2)11-8(12)4-3-5-9(11)13/h3-5,7,15H,6H2,1-2H3,(H,14,16). The Kier molecular flexibility index (Phi) is 4.37. The van der Waals surface area contributed by atoms with E-state index in [0.717, 1.165) is 0 Å². The second kappa shape index (κ2) is 5.55. The fraction of sp³-hybridized carbons (Fsp3) is 0.364. The van der Waals surface area contributed by atoms with Crippen molar-refractivity contribution in [1.29, 1.82) is 0 Å². The van der Waals surface area contributed by atoms with Crippen molar-refractivity contribution in [3.63, 3.8) is 0 Å². The van der Waals surface area contributed by atoms with Crippen molar-refractivity contribution >= 4 is 5.91 Å². The Morgan fingerprint density at radius 2 is 1.94 bits per heavy atom. The highest BCUT2D eigenvalue weighted by molar-refractivity contribution is 5.77. The van der Waals surface area contributed by atoms with E-state index in [0.29, 0.717) is 0 Å². The molecule has 2 N–H and O–H groups in total. The van der Waals surface area contributed by atoms with E-state index < -0.39 is 17.7 Å². The van der Waals surface area contributed by atoms with Crippen LogP contribution in [0.1, 0.15) is 18.5 Å². The molecule has 0 bridgehead atoms. The molecule has 0 spiro atoms. The minimum absolute atomic E-state index is 0.0193. The summed E-state index contributed by atoms with van der Waals surface area (Å²) in [5.74, 6) is -1.46. The molecule has 0 fully saturated rings. The van der Waals surface area contributed by atoms with Gasteiger partial charge in [-0.15, -0.1) is 0 Å². The van der Waals surface area contributed by atoms with Crippen LogP contribution in [-0.2, 0) is 4.79 Å². The van der Waals surface area contributed by atoms with Crippen LogP contribution in [-0.4, -0.2) is 19.5 Å². The van der Waals surface area contributed by atoms with Gasteiger partial charge in [0.1, 0.15) is 11.6 Å². The molecule has 0 heterocycles. The summed E-state index contributed by atoms with van der Waals surface area (Å²) in [6.45, 7) is 1.62. The molecule has 16 heavy (non-hydrogen) atoms. The summed E-state index contributed by atoms with van der Waals surface area (Å²) >= 11 is 0. The zero-order chi connectivity index (χ0) is 12.1. The third-order valence-corrected chi connectivity index (χ3v) is 2.28. The molecular weight excluding hydrogens is 214 g/mol. The van der Waals surface area contributed by atoms with E-state index in [1.807, 2.05) is 0 Å². The molecule has 88 valence electrons. The average Bonchev–Trinajstić information content (AvgIpc) is 2.25. The summed E-state index contributed by atoms with van der Waals surface area (Å²) in [4.78, 5) is 11.0. The topological polar surface area (TPSA) is 41.1 Å². The lowest BCUT2D eigenvalue weighted by Crippen LogP contribution is -2.33. The Labute approximate surface area is 92.8 Å². The third-order valence-electron chi connectivity index (χ3n) is 2.28. The maximum Gasteiger partial charge on any atom is 0.233 e. The van der Waals surface area contributed by atoms with E-state index in [1.54, 1.807) is 6.92 Å². The Morgan fingerprint density at radius 1 is 1.38 bits per heavy atom. The second-order valence-electron chi connectivity index (χ2n) is 3.41. The fourth-order valence-corrected chi connectivity index (χ4v) is 1.36. The van der Waals surface area contributed by atoms with Crippen LogP contribution in [0.4, 0.5) is 8.78 Å². The summed E-state index contributed by atoms with van der Waals surface area (Å²) in [5.41, 5.74) is -0.0496. The van der Waals surface area contributed by atoms with Gasteiger partial charge in [0.05, 0.1) is 6.54 Å². The maximum atomic E-state index is 13.3. The molecule has 1 amide bonds. The van der Waals surface area contributed by atoms with Gasteiger partial charge in [0.15, 0.2) is 0 Å². The molecule has 1 unspecified atom stereocenters. The monoisotopic (exact) mass is 228 g/mol. The number of hydrogen-bond acceptors (Lipinski definition) is 2. The zero-order valence-corrected chi connectivity index (χ0v) is 9.18. The van der Waals surface area contributed by atoms with Crippen LogP contribution in [0, 0.1) is 11.6 Å². The molecule has 0 aliphatic carbocycles. The SMILES string of the molecule is CNC(=O)CNC(C)c1c(F)cccc1F. The van der Waals surface area contributed by atoms with E-state index >= 15 is 0 Å². The van der Waals surface area contributed by atoms with Crippen LogP contribution < -0.4 is 10.6 Å². The first-order chi connectivity index (χ1) is 7.56. The van der Waals surface area contributed by atoms with E-state index in [2.05, 4.69) is 10.6 Å². The number of rotatable bonds is 4. The zero-order valence-electron chi connectivity index (χ0n) is 9.18. The minimum atomic E-state index is -0.614. The number of amides is 1. The van der Waals surface area contributed by atoms with Gasteiger partial charge in [0.25, 0.3) is 0 Å². The lowest BCUT2D eigenvalue weighted by molar-refractivity contribution is -0.119. The smallest absolute Gasteiger partial charge is 0.233 e. The van der Waals surface area contributed by atoms with Gasteiger partial charge in [-0.2, -0.15) is 0 Å². The number of benzene rings is 1. The van der Waals surface area contributed by atoms with Gasteiger partial charge in [0.2, 0.25) is 5.91 Å². The van der Waals surface area contributed by atoms with E-state index in [1.165, 1.54) is 25.2 Å². The largest absolute Gasteiger partial charge is 0.358 e. The number of hydrogen-bond donors (Lipinski definition) is 2. The molecule has 5 heteroatoms. The van der Waals surface area contributed by atoms with Gasteiger partial charge >= 0.3 is 0 Å². The maximum absolute atomic E-state index is 13.3. The molecule has 1 aromatic carbocycles. The number of nitrogens with one attached hydrogen (secondary N) is 2. The number of halogens is 2.